The van der Waals surface area contributed by atoms with Crippen LogP contribution in [0.15, 0.2) is 30.3 Å². The number of piperazine rings is 1. The zero-order valence-electron chi connectivity index (χ0n) is 15.6. The first kappa shape index (κ1) is 19.4. The number of likely N-dealkylation sites (N-methyl/N-ethyl adjacent to an activating group) is 1. The van der Waals surface area contributed by atoms with Crippen LogP contribution in [-0.4, -0.2) is 73.5 Å². The third-order valence-electron chi connectivity index (χ3n) is 4.33. The van der Waals surface area contributed by atoms with E-state index in [1.54, 1.807) is 0 Å². The number of carbonyl (C=O) groups is 2. The van der Waals surface area contributed by atoms with Gasteiger partial charge in [-0.3, -0.25) is 19.4 Å². The van der Waals surface area contributed by atoms with Gasteiger partial charge in [-0.2, -0.15) is 0 Å². The van der Waals surface area contributed by atoms with Crippen molar-refractivity contribution in [3.05, 3.63) is 30.3 Å². The lowest BCUT2D eigenvalue weighted by molar-refractivity contribution is -0.124. The first-order valence-corrected chi connectivity index (χ1v) is 9.09. The molecule has 1 saturated heterocycles. The highest BCUT2D eigenvalue weighted by Crippen LogP contribution is 2.14. The summed E-state index contributed by atoms with van der Waals surface area (Å²) in [6, 6.07) is 9.96. The minimum Gasteiger partial charge on any atom is -0.353 e. The van der Waals surface area contributed by atoms with E-state index < -0.39 is 0 Å². The number of amides is 2. The lowest BCUT2D eigenvalue weighted by Crippen LogP contribution is -2.52. The second-order valence-corrected chi connectivity index (χ2v) is 6.75. The molecular weight excluding hydrogens is 316 g/mol. The van der Waals surface area contributed by atoms with Crippen molar-refractivity contribution in [2.75, 3.05) is 50.7 Å². The molecule has 1 fully saturated rings. The molecule has 0 aliphatic carbocycles. The number of hydrogen-bond acceptors (Lipinski definition) is 4. The number of rotatable bonds is 7. The van der Waals surface area contributed by atoms with Crippen molar-refractivity contribution in [2.24, 2.45) is 0 Å². The summed E-state index contributed by atoms with van der Waals surface area (Å²) in [4.78, 5) is 30.6. The van der Waals surface area contributed by atoms with Crippen molar-refractivity contribution in [2.45, 2.75) is 26.8 Å². The molecule has 6 nitrogen and oxygen atoms in total. The largest absolute Gasteiger partial charge is 0.353 e. The normalized spacial score (nSPS) is 16.0. The minimum atomic E-state index is 0.0702. The van der Waals surface area contributed by atoms with E-state index in [4.69, 9.17) is 0 Å². The molecule has 1 heterocycles. The third-order valence-corrected chi connectivity index (χ3v) is 4.33. The molecule has 1 aromatic carbocycles. The molecule has 1 aliphatic rings. The molecule has 0 spiro atoms. The van der Waals surface area contributed by atoms with Crippen molar-refractivity contribution in [3.8, 4) is 0 Å². The molecule has 1 N–H and O–H groups in total. The van der Waals surface area contributed by atoms with Gasteiger partial charge in [0.1, 0.15) is 0 Å². The Hall–Kier alpha value is -1.92. The van der Waals surface area contributed by atoms with Gasteiger partial charge in [0.15, 0.2) is 0 Å². The number of carbonyl (C=O) groups excluding carboxylic acids is 2. The summed E-state index contributed by atoms with van der Waals surface area (Å²) in [5.41, 5.74) is 0.944. The number of benzene rings is 1. The number of nitrogens with zero attached hydrogens (tertiary/aromatic N) is 3. The second kappa shape index (κ2) is 9.53. The zero-order chi connectivity index (χ0) is 18.2. The summed E-state index contributed by atoms with van der Waals surface area (Å²) in [6.45, 7) is 10.7. The van der Waals surface area contributed by atoms with Crippen LogP contribution in [0.3, 0.4) is 0 Å². The van der Waals surface area contributed by atoms with Crippen molar-refractivity contribution < 1.29 is 9.59 Å². The summed E-state index contributed by atoms with van der Waals surface area (Å²) in [5, 5.41) is 2.92. The van der Waals surface area contributed by atoms with Gasteiger partial charge in [-0.05, 0) is 32.9 Å². The molecule has 6 heteroatoms. The van der Waals surface area contributed by atoms with Gasteiger partial charge in [0, 0.05) is 44.5 Å². The van der Waals surface area contributed by atoms with Crippen LogP contribution in [0.4, 0.5) is 5.69 Å². The third kappa shape index (κ3) is 6.14. The predicted molar refractivity (Wildman–Crippen MR) is 101 cm³/mol. The zero-order valence-corrected chi connectivity index (χ0v) is 15.6. The van der Waals surface area contributed by atoms with E-state index in [1.165, 1.54) is 0 Å². The number of nitrogens with one attached hydrogen (secondary N) is 1. The maximum Gasteiger partial charge on any atom is 0.241 e. The molecule has 0 radical (unpaired) electrons. The smallest absolute Gasteiger partial charge is 0.241 e. The van der Waals surface area contributed by atoms with Gasteiger partial charge in [-0.25, -0.2) is 0 Å². The van der Waals surface area contributed by atoms with Crippen molar-refractivity contribution in [1.29, 1.82) is 0 Å². The Morgan fingerprint density at radius 1 is 1.04 bits per heavy atom. The van der Waals surface area contributed by atoms with Crippen LogP contribution >= 0.6 is 0 Å². The van der Waals surface area contributed by atoms with Crippen LogP contribution in [0.2, 0.25) is 0 Å². The van der Waals surface area contributed by atoms with Gasteiger partial charge in [0.05, 0.1) is 13.1 Å². The molecule has 0 unspecified atom stereocenters. The lowest BCUT2D eigenvalue weighted by Gasteiger charge is -2.35. The van der Waals surface area contributed by atoms with Gasteiger partial charge in [0.25, 0.3) is 0 Å². The van der Waals surface area contributed by atoms with Gasteiger partial charge < -0.3 is 10.2 Å². The summed E-state index contributed by atoms with van der Waals surface area (Å²) in [7, 11) is 0. The fourth-order valence-corrected chi connectivity index (χ4v) is 3.06. The summed E-state index contributed by atoms with van der Waals surface area (Å²) >= 11 is 0. The molecule has 0 bridgehead atoms. The molecule has 2 amide bonds. The monoisotopic (exact) mass is 346 g/mol. The molecule has 0 aromatic heterocycles. The van der Waals surface area contributed by atoms with Gasteiger partial charge in [-0.1, -0.05) is 18.2 Å². The topological polar surface area (TPSA) is 55.9 Å². The Labute approximate surface area is 150 Å². The first-order chi connectivity index (χ1) is 12.0. The van der Waals surface area contributed by atoms with Crippen molar-refractivity contribution in [3.63, 3.8) is 0 Å². The molecule has 1 aliphatic heterocycles. The van der Waals surface area contributed by atoms with Crippen molar-refractivity contribution >= 4 is 17.5 Å². The highest BCUT2D eigenvalue weighted by atomic mass is 16.2. The summed E-state index contributed by atoms with van der Waals surface area (Å²) < 4.78 is 0. The second-order valence-electron chi connectivity index (χ2n) is 6.75. The predicted octanol–water partition coefficient (Wildman–Crippen LogP) is 1.18. The van der Waals surface area contributed by atoms with E-state index in [1.807, 2.05) is 56.0 Å². The number of anilines is 1. The average Bonchev–Trinajstić information content (AvgIpc) is 2.57. The Morgan fingerprint density at radius 2 is 1.60 bits per heavy atom. The van der Waals surface area contributed by atoms with Crippen LogP contribution in [0.25, 0.3) is 0 Å². The van der Waals surface area contributed by atoms with Crippen LogP contribution in [0, 0.1) is 0 Å². The fraction of sp³-hybridized carbons (Fsp3) is 0.579. The molecule has 1 aromatic rings. The first-order valence-electron chi connectivity index (χ1n) is 9.09. The lowest BCUT2D eigenvalue weighted by atomic mass is 10.2. The van der Waals surface area contributed by atoms with Crippen LogP contribution in [0.1, 0.15) is 20.8 Å². The molecule has 25 heavy (non-hydrogen) atoms. The minimum absolute atomic E-state index is 0.0702. The van der Waals surface area contributed by atoms with E-state index in [-0.39, 0.29) is 17.9 Å². The summed E-state index contributed by atoms with van der Waals surface area (Å²) in [5.74, 6) is 0.195. The van der Waals surface area contributed by atoms with Crippen LogP contribution in [0.5, 0.6) is 0 Å². The Balaban J connectivity index is 1.79. The molecule has 2 rings (SSSR count). The highest BCUT2D eigenvalue weighted by Gasteiger charge is 2.23. The van der Waals surface area contributed by atoms with Gasteiger partial charge in [-0.15, -0.1) is 0 Å². The van der Waals surface area contributed by atoms with E-state index in [2.05, 4.69) is 15.1 Å². The van der Waals surface area contributed by atoms with Gasteiger partial charge in [0.2, 0.25) is 11.8 Å². The quantitative estimate of drug-likeness (QED) is 0.806. The SMILES string of the molecule is CCN(C(=O)CN1CCN(CC(=O)NC(C)C)CC1)c1ccccc1. The van der Waals surface area contributed by atoms with E-state index >= 15 is 0 Å². The Kier molecular flexibility index (Phi) is 7.40. The number of hydrogen-bond donors (Lipinski definition) is 1. The Morgan fingerprint density at radius 3 is 2.12 bits per heavy atom. The molecule has 0 saturated carbocycles. The standard InChI is InChI=1S/C19H30N4O2/c1-4-23(17-8-6-5-7-9-17)19(25)15-22-12-10-21(11-13-22)14-18(24)20-16(2)3/h5-9,16H,4,10-15H2,1-3H3,(H,20,24). The average molecular weight is 346 g/mol. The molecular formula is C19H30N4O2. The van der Waals surface area contributed by atoms with Crippen molar-refractivity contribution in [1.82, 2.24) is 15.1 Å². The van der Waals surface area contributed by atoms with Crippen LogP contribution in [-0.2, 0) is 9.59 Å². The number of para-hydroxylation sites is 1. The van der Waals surface area contributed by atoms with Gasteiger partial charge >= 0.3 is 0 Å². The fourth-order valence-electron chi connectivity index (χ4n) is 3.06. The highest BCUT2D eigenvalue weighted by molar-refractivity contribution is 5.94. The van der Waals surface area contributed by atoms with E-state index in [0.717, 1.165) is 31.9 Å². The summed E-state index contributed by atoms with van der Waals surface area (Å²) in [6.07, 6.45) is 0. The molecule has 138 valence electrons. The molecule has 0 atom stereocenters. The van der Waals surface area contributed by atoms with Crippen LogP contribution < -0.4 is 10.2 Å². The Bertz CT molecular complexity index is 554. The van der Waals surface area contributed by atoms with E-state index in [9.17, 15) is 9.59 Å². The maximum atomic E-state index is 12.6. The maximum absolute atomic E-state index is 12.6. The van der Waals surface area contributed by atoms with E-state index in [0.29, 0.717) is 19.6 Å².